The molecule has 5 heteroatoms. The summed E-state index contributed by atoms with van der Waals surface area (Å²) in [4.78, 5) is 0. The third-order valence-corrected chi connectivity index (χ3v) is 6.76. The average molecular weight is 508 g/mol. The van der Waals surface area contributed by atoms with Crippen LogP contribution >= 0.6 is 17.9 Å². The van der Waals surface area contributed by atoms with Crippen molar-refractivity contribution in [2.24, 2.45) is 0 Å². The van der Waals surface area contributed by atoms with Crippen molar-refractivity contribution in [3.63, 3.8) is 0 Å². The van der Waals surface area contributed by atoms with Crippen LogP contribution < -0.4 is 10.6 Å². The Balaban J connectivity index is 0.00000149. The van der Waals surface area contributed by atoms with Crippen LogP contribution in [0.15, 0.2) is 97.1 Å². The number of hydrogen-bond donors (Lipinski definition) is 1. The van der Waals surface area contributed by atoms with E-state index < -0.39 is 0 Å². The SMILES string of the molecule is C[N-]Cc1ccccc1Pc1cc(Cc2ccccc2)cc(Cc2ccccc2)c1O.[Cl][Ti+]. The number of phenolic OH excluding ortho intramolecular Hbond substituents is 1. The molecule has 4 aromatic rings. The van der Waals surface area contributed by atoms with Gasteiger partial charge in [-0.1, -0.05) is 105 Å². The van der Waals surface area contributed by atoms with Gasteiger partial charge in [0.2, 0.25) is 0 Å². The quantitative estimate of drug-likeness (QED) is 0.217. The molecule has 0 saturated heterocycles. The Labute approximate surface area is 214 Å². The zero-order valence-corrected chi connectivity index (χ0v) is 21.9. The molecular weight excluding hydrogens is 481 g/mol. The van der Waals surface area contributed by atoms with E-state index in [1.165, 1.54) is 46.9 Å². The summed E-state index contributed by atoms with van der Waals surface area (Å²) < 4.78 is 0. The molecule has 0 aliphatic carbocycles. The van der Waals surface area contributed by atoms with Gasteiger partial charge >= 0.3 is 28.7 Å². The first kappa shape index (κ1) is 25.7. The Morgan fingerprint density at radius 1 is 0.697 bits per heavy atom. The van der Waals surface area contributed by atoms with E-state index in [2.05, 4.69) is 87.4 Å². The second-order valence-electron chi connectivity index (χ2n) is 7.73. The van der Waals surface area contributed by atoms with Crippen LogP contribution in [0.4, 0.5) is 0 Å². The van der Waals surface area contributed by atoms with Crippen LogP contribution in [0.2, 0.25) is 0 Å². The number of halogens is 1. The standard InChI is InChI=1S/C28H27NOP.ClH.Ti/c1-29-20-24-14-8-9-15-26(24)31-27-19-23(16-21-10-4-2-5-11-21)18-25(28(27)30)17-22-12-6-3-7-13-22;;/h2-15,18-19,30-31H,16-17,20H2,1H3;1H;/q-1;;+2/p-1. The van der Waals surface area contributed by atoms with Gasteiger partial charge in [-0.05, 0) is 40.0 Å². The fourth-order valence-electron chi connectivity index (χ4n) is 3.84. The third-order valence-electron chi connectivity index (χ3n) is 5.35. The number of benzene rings is 4. The molecule has 0 aliphatic heterocycles. The van der Waals surface area contributed by atoms with Gasteiger partial charge in [-0.2, -0.15) is 7.05 Å². The number of rotatable bonds is 8. The number of phenols is 1. The fourth-order valence-corrected chi connectivity index (χ4v) is 5.16. The van der Waals surface area contributed by atoms with Crippen LogP contribution in [0.5, 0.6) is 5.75 Å². The second kappa shape index (κ2) is 13.7. The van der Waals surface area contributed by atoms with Gasteiger partial charge in [0.15, 0.2) is 0 Å². The van der Waals surface area contributed by atoms with Crippen molar-refractivity contribution in [1.29, 1.82) is 0 Å². The summed E-state index contributed by atoms with van der Waals surface area (Å²) in [5, 5.41) is 17.8. The Hall–Kier alpha value is -1.93. The molecule has 1 N–H and O–H groups in total. The van der Waals surface area contributed by atoms with E-state index in [1.807, 2.05) is 31.3 Å². The van der Waals surface area contributed by atoms with Crippen molar-refractivity contribution in [3.05, 3.63) is 130 Å². The van der Waals surface area contributed by atoms with E-state index >= 15 is 0 Å². The second-order valence-corrected chi connectivity index (χ2v) is 9.06. The average Bonchev–Trinajstić information content (AvgIpc) is 2.86. The van der Waals surface area contributed by atoms with Crippen LogP contribution in [0.25, 0.3) is 5.32 Å². The van der Waals surface area contributed by atoms with Crippen LogP contribution in [-0.4, -0.2) is 12.2 Å². The Morgan fingerprint density at radius 3 is 1.91 bits per heavy atom. The first-order valence-corrected chi connectivity index (χ1v) is 13.9. The molecule has 0 saturated carbocycles. The Morgan fingerprint density at radius 2 is 1.27 bits per heavy atom. The molecule has 1 unspecified atom stereocenters. The first-order chi connectivity index (χ1) is 16.2. The number of aromatic hydroxyl groups is 1. The van der Waals surface area contributed by atoms with Crippen molar-refractivity contribution < 1.29 is 24.5 Å². The van der Waals surface area contributed by atoms with Gasteiger partial charge in [0.25, 0.3) is 0 Å². The molecule has 0 amide bonds. The summed E-state index contributed by atoms with van der Waals surface area (Å²) >= 11 is 1.47. The summed E-state index contributed by atoms with van der Waals surface area (Å²) in [7, 11) is 6.87. The maximum absolute atomic E-state index is 11.2. The first-order valence-electron chi connectivity index (χ1n) is 10.7. The van der Waals surface area contributed by atoms with E-state index in [0.29, 0.717) is 20.9 Å². The van der Waals surface area contributed by atoms with Crippen LogP contribution in [0.1, 0.15) is 27.8 Å². The van der Waals surface area contributed by atoms with E-state index in [1.54, 1.807) is 0 Å². The zero-order chi connectivity index (χ0) is 23.5. The molecule has 0 spiro atoms. The molecule has 0 aromatic heterocycles. The molecule has 4 aromatic carbocycles. The van der Waals surface area contributed by atoms with Crippen molar-refractivity contribution in [3.8, 4) is 5.75 Å². The molecule has 0 fully saturated rings. The molecular formula is C28H27ClNOPTi. The summed E-state index contributed by atoms with van der Waals surface area (Å²) in [5.74, 6) is 0.419. The van der Waals surface area contributed by atoms with Gasteiger partial charge < -0.3 is 10.4 Å². The van der Waals surface area contributed by atoms with Gasteiger partial charge in [-0.25, -0.2) is 0 Å². The Kier molecular flexibility index (Phi) is 10.7. The predicted molar refractivity (Wildman–Crippen MR) is 139 cm³/mol. The summed E-state index contributed by atoms with van der Waals surface area (Å²) in [5.41, 5.74) is 5.92. The molecule has 0 bridgehead atoms. The van der Waals surface area contributed by atoms with Crippen LogP contribution in [-0.2, 0) is 38.8 Å². The molecule has 4 rings (SSSR count). The number of hydrogen-bond acceptors (Lipinski definition) is 1. The minimum atomic E-state index is 0.388. The van der Waals surface area contributed by atoms with E-state index in [4.69, 9.17) is 0 Å². The molecule has 33 heavy (non-hydrogen) atoms. The molecule has 0 radical (unpaired) electrons. The molecule has 0 heterocycles. The summed E-state index contributed by atoms with van der Waals surface area (Å²) in [6.07, 6.45) is 1.57. The van der Waals surface area contributed by atoms with Crippen molar-refractivity contribution in [2.75, 3.05) is 7.05 Å². The molecule has 2 nitrogen and oxygen atoms in total. The third kappa shape index (κ3) is 7.54. The van der Waals surface area contributed by atoms with E-state index in [9.17, 15) is 5.11 Å². The molecule has 166 valence electrons. The molecule has 1 atom stereocenters. The topological polar surface area (TPSA) is 34.3 Å². The normalized spacial score (nSPS) is 10.7. The van der Waals surface area contributed by atoms with Gasteiger partial charge in [-0.3, -0.25) is 0 Å². The number of nitrogens with zero attached hydrogens (tertiary/aromatic N) is 1. The van der Waals surface area contributed by atoms with E-state index in [0.717, 1.165) is 23.7 Å². The van der Waals surface area contributed by atoms with Gasteiger partial charge in [0.1, 0.15) is 5.75 Å². The van der Waals surface area contributed by atoms with Gasteiger partial charge in [0.05, 0.1) is 0 Å². The van der Waals surface area contributed by atoms with Crippen LogP contribution in [0.3, 0.4) is 0 Å². The van der Waals surface area contributed by atoms with E-state index in [-0.39, 0.29) is 0 Å². The molecule has 0 aliphatic rings. The van der Waals surface area contributed by atoms with Gasteiger partial charge in [0, 0.05) is 11.7 Å². The van der Waals surface area contributed by atoms with Crippen molar-refractivity contribution in [1.82, 2.24) is 0 Å². The summed E-state index contributed by atoms with van der Waals surface area (Å²) in [6, 6.07) is 33.6. The monoisotopic (exact) mass is 507 g/mol. The minimum absolute atomic E-state index is 0.388. The maximum atomic E-state index is 11.2. The van der Waals surface area contributed by atoms with Crippen molar-refractivity contribution in [2.45, 2.75) is 19.4 Å². The van der Waals surface area contributed by atoms with Crippen molar-refractivity contribution >= 4 is 28.5 Å². The van der Waals surface area contributed by atoms with Gasteiger partial charge in [-0.15, -0.1) is 6.54 Å². The Bertz CT molecular complexity index is 1140. The fraction of sp³-hybridized carbons (Fsp3) is 0.143. The predicted octanol–water partition coefficient (Wildman–Crippen LogP) is 6.39. The summed E-state index contributed by atoms with van der Waals surface area (Å²) in [6.45, 7) is 0.699. The zero-order valence-electron chi connectivity index (χ0n) is 18.6. The van der Waals surface area contributed by atoms with Crippen LogP contribution in [0, 0.1) is 0 Å².